The number of allylic oxidation sites excluding steroid dienone is 8. The number of ether oxygens (including phenoxy) is 2. The second kappa shape index (κ2) is 39.4. The van der Waals surface area contributed by atoms with Gasteiger partial charge in [-0.15, -0.1) is 0 Å². The Bertz CT molecular complexity index is 1120. The lowest BCUT2D eigenvalue weighted by molar-refractivity contribution is -0.870. The number of aliphatic hydroxyl groups excluding tert-OH is 1. The largest absolute Gasteiger partial charge is 0.756 e. The number of likely N-dealkylation sites (N-methyl/N-ethyl adjacent to an activating group) is 1. The highest BCUT2D eigenvalue weighted by molar-refractivity contribution is 7.45. The average Bonchev–Trinajstić information content (AvgIpc) is 3.16. The zero-order valence-corrected chi connectivity index (χ0v) is 37.6. The Hall–Kier alpha value is -2.07. The van der Waals surface area contributed by atoms with Gasteiger partial charge in [-0.2, -0.15) is 0 Å². The maximum Gasteiger partial charge on any atom is 0.306 e. The van der Waals surface area contributed by atoms with Crippen LogP contribution in [0.5, 0.6) is 0 Å². The highest BCUT2D eigenvalue weighted by Gasteiger charge is 2.21. The molecule has 0 saturated heterocycles. The van der Waals surface area contributed by atoms with Crippen molar-refractivity contribution in [2.45, 2.75) is 180 Å². The van der Waals surface area contributed by atoms with Crippen LogP contribution in [0, 0.1) is 0 Å². The minimum atomic E-state index is -4.65. The molecule has 0 radical (unpaired) electrons. The molecule has 2 atom stereocenters. The van der Waals surface area contributed by atoms with Gasteiger partial charge >= 0.3 is 11.9 Å². The van der Waals surface area contributed by atoms with E-state index in [-0.39, 0.29) is 32.7 Å². The minimum absolute atomic E-state index is 0.0463. The third kappa shape index (κ3) is 43.3. The molecule has 0 spiro atoms. The molecule has 10 nitrogen and oxygen atoms in total. The molecule has 11 heteroatoms. The van der Waals surface area contributed by atoms with Crippen LogP contribution in [0.1, 0.15) is 174 Å². The Balaban J connectivity index is 4.44. The summed E-state index contributed by atoms with van der Waals surface area (Å²) >= 11 is 0. The number of hydrogen-bond donors (Lipinski definition) is 1. The van der Waals surface area contributed by atoms with Crippen molar-refractivity contribution in [1.82, 2.24) is 0 Å². The third-order valence-corrected chi connectivity index (χ3v) is 10.4. The standard InChI is InChI=1S/C46H84NO9P/c1-5-6-7-8-9-10-11-12-16-19-22-25-28-31-34-37-45(49)53-42-44(43-55-57(51,52)54-41-39-47(2,3)4)56-46(50)38-35-32-29-26-23-20-17-14-13-15-18-21-24-27-30-33-36-40-48/h13,15,17,20-21,24,26,29,44,48H,5-12,14,16,18-19,22-23,25,27-28,30-43H2,1-4H3/b15-13-,20-17-,24-21-,29-26-/t44-/m1/s1. The molecule has 0 saturated carbocycles. The van der Waals surface area contributed by atoms with Gasteiger partial charge in [0.2, 0.25) is 0 Å². The number of nitrogens with zero attached hydrogens (tertiary/aromatic N) is 1. The summed E-state index contributed by atoms with van der Waals surface area (Å²) < 4.78 is 33.8. The van der Waals surface area contributed by atoms with Gasteiger partial charge in [0, 0.05) is 19.4 Å². The van der Waals surface area contributed by atoms with Crippen LogP contribution < -0.4 is 4.89 Å². The van der Waals surface area contributed by atoms with Crippen molar-refractivity contribution in [1.29, 1.82) is 0 Å². The molecule has 1 unspecified atom stereocenters. The van der Waals surface area contributed by atoms with Crippen molar-refractivity contribution >= 4 is 19.8 Å². The molecule has 0 aliphatic rings. The Morgan fingerprint density at radius 1 is 0.596 bits per heavy atom. The molecule has 0 heterocycles. The van der Waals surface area contributed by atoms with Gasteiger partial charge in [0.15, 0.2) is 6.10 Å². The fourth-order valence-corrected chi connectivity index (χ4v) is 6.59. The maximum absolute atomic E-state index is 12.7. The zero-order valence-electron chi connectivity index (χ0n) is 36.7. The smallest absolute Gasteiger partial charge is 0.306 e. The summed E-state index contributed by atoms with van der Waals surface area (Å²) in [6.45, 7) is 2.17. The molecule has 332 valence electrons. The van der Waals surface area contributed by atoms with Crippen LogP contribution >= 0.6 is 7.82 Å². The first-order chi connectivity index (χ1) is 27.5. The van der Waals surface area contributed by atoms with E-state index in [1.54, 1.807) is 0 Å². The summed E-state index contributed by atoms with van der Waals surface area (Å²) in [6.07, 6.45) is 43.0. The first kappa shape index (κ1) is 54.9. The van der Waals surface area contributed by atoms with Crippen molar-refractivity contribution in [3.8, 4) is 0 Å². The van der Waals surface area contributed by atoms with Crippen molar-refractivity contribution in [2.75, 3.05) is 54.1 Å². The van der Waals surface area contributed by atoms with E-state index in [0.717, 1.165) is 64.2 Å². The predicted molar refractivity (Wildman–Crippen MR) is 233 cm³/mol. The van der Waals surface area contributed by atoms with Crippen LogP contribution in [0.3, 0.4) is 0 Å². The highest BCUT2D eigenvalue weighted by atomic mass is 31.2. The van der Waals surface area contributed by atoms with Gasteiger partial charge in [-0.1, -0.05) is 152 Å². The first-order valence-electron chi connectivity index (χ1n) is 22.5. The number of carbonyl (C=O) groups excluding carboxylic acids is 2. The Labute approximate surface area is 348 Å². The maximum atomic E-state index is 12.7. The van der Waals surface area contributed by atoms with E-state index in [0.29, 0.717) is 23.9 Å². The van der Waals surface area contributed by atoms with Gasteiger partial charge in [0.25, 0.3) is 7.82 Å². The SMILES string of the molecule is CCCCCCCCCCCCCCCCCC(=O)OC[C@H](COP(=O)([O-])OCC[N+](C)(C)C)OC(=O)CCC/C=C\C/C=C\C/C=C\C/C=C\CCCCCO. The van der Waals surface area contributed by atoms with Crippen LogP contribution in [0.4, 0.5) is 0 Å². The average molecular weight is 826 g/mol. The van der Waals surface area contributed by atoms with Crippen molar-refractivity contribution < 1.29 is 47.2 Å². The molecule has 57 heavy (non-hydrogen) atoms. The summed E-state index contributed by atoms with van der Waals surface area (Å²) in [5, 5.41) is 8.80. The molecule has 0 aromatic rings. The van der Waals surface area contributed by atoms with E-state index in [1.807, 2.05) is 27.2 Å². The zero-order chi connectivity index (χ0) is 42.1. The number of esters is 2. The molecule has 0 aliphatic heterocycles. The summed E-state index contributed by atoms with van der Waals surface area (Å²) in [7, 11) is 1.11. The van der Waals surface area contributed by atoms with Crippen LogP contribution in [-0.4, -0.2) is 81.7 Å². The van der Waals surface area contributed by atoms with E-state index in [9.17, 15) is 19.0 Å². The molecule has 0 fully saturated rings. The van der Waals surface area contributed by atoms with E-state index in [2.05, 4.69) is 49.5 Å². The Kier molecular flexibility index (Phi) is 38.0. The highest BCUT2D eigenvalue weighted by Crippen LogP contribution is 2.38. The fraction of sp³-hybridized carbons (Fsp3) is 0.783. The normalized spacial score (nSPS) is 14.0. The quantitative estimate of drug-likeness (QED) is 0.0210. The number of phosphoric acid groups is 1. The van der Waals surface area contributed by atoms with Gasteiger partial charge in [0.05, 0.1) is 27.7 Å². The number of carbonyl (C=O) groups is 2. The van der Waals surface area contributed by atoms with Gasteiger partial charge in [-0.05, 0) is 57.8 Å². The molecule has 0 aromatic heterocycles. The number of unbranched alkanes of at least 4 members (excludes halogenated alkanes) is 18. The van der Waals surface area contributed by atoms with Crippen molar-refractivity contribution in [3.05, 3.63) is 48.6 Å². The molecule has 0 bridgehead atoms. The number of aliphatic hydroxyl groups is 1. The first-order valence-corrected chi connectivity index (χ1v) is 23.9. The van der Waals surface area contributed by atoms with E-state index >= 15 is 0 Å². The number of quaternary nitrogens is 1. The van der Waals surface area contributed by atoms with Gasteiger partial charge < -0.3 is 33.0 Å². The summed E-state index contributed by atoms with van der Waals surface area (Å²) in [4.78, 5) is 37.5. The van der Waals surface area contributed by atoms with Crippen LogP contribution in [0.2, 0.25) is 0 Å². The molecule has 0 aromatic carbocycles. The van der Waals surface area contributed by atoms with Crippen LogP contribution in [0.25, 0.3) is 0 Å². The predicted octanol–water partition coefficient (Wildman–Crippen LogP) is 11.0. The van der Waals surface area contributed by atoms with Crippen molar-refractivity contribution in [2.24, 2.45) is 0 Å². The number of phosphoric ester groups is 1. The number of hydrogen-bond acceptors (Lipinski definition) is 9. The second-order valence-electron chi connectivity index (χ2n) is 16.1. The number of rotatable bonds is 41. The molecular weight excluding hydrogens is 741 g/mol. The molecule has 0 aliphatic carbocycles. The molecule has 1 N–H and O–H groups in total. The van der Waals surface area contributed by atoms with Crippen molar-refractivity contribution in [3.63, 3.8) is 0 Å². The van der Waals surface area contributed by atoms with E-state index < -0.39 is 32.5 Å². The van der Waals surface area contributed by atoms with E-state index in [1.165, 1.54) is 77.0 Å². The third-order valence-electron chi connectivity index (χ3n) is 9.41. The minimum Gasteiger partial charge on any atom is -0.756 e. The van der Waals surface area contributed by atoms with Gasteiger partial charge in [-0.25, -0.2) is 0 Å². The van der Waals surface area contributed by atoms with Gasteiger partial charge in [-0.3, -0.25) is 14.2 Å². The van der Waals surface area contributed by atoms with E-state index in [4.69, 9.17) is 23.6 Å². The Morgan fingerprint density at radius 3 is 1.56 bits per heavy atom. The fourth-order valence-electron chi connectivity index (χ4n) is 5.86. The van der Waals surface area contributed by atoms with Gasteiger partial charge in [0.1, 0.15) is 19.8 Å². The monoisotopic (exact) mass is 826 g/mol. The summed E-state index contributed by atoms with van der Waals surface area (Å²) in [5.41, 5.74) is 0. The van der Waals surface area contributed by atoms with Crippen LogP contribution in [-0.2, 0) is 32.7 Å². The summed E-state index contributed by atoms with van der Waals surface area (Å²) in [5.74, 6) is -0.912. The lowest BCUT2D eigenvalue weighted by Crippen LogP contribution is -2.37. The molecule has 0 amide bonds. The lowest BCUT2D eigenvalue weighted by atomic mass is 10.0. The molecular formula is C46H84NO9P. The Morgan fingerprint density at radius 2 is 1.05 bits per heavy atom. The summed E-state index contributed by atoms with van der Waals surface area (Å²) in [6, 6.07) is 0. The van der Waals surface area contributed by atoms with Crippen LogP contribution in [0.15, 0.2) is 48.6 Å². The molecule has 0 rings (SSSR count). The second-order valence-corrected chi connectivity index (χ2v) is 17.6. The lowest BCUT2D eigenvalue weighted by Gasteiger charge is -2.28. The topological polar surface area (TPSA) is 131 Å².